The average Bonchev–Trinajstić information content (AvgIpc) is 3.29. The minimum atomic E-state index is -0.745. The van der Waals surface area contributed by atoms with Gasteiger partial charge < -0.3 is 15.4 Å². The molecule has 0 bridgehead atoms. The molecule has 2 aromatic rings. The van der Waals surface area contributed by atoms with E-state index < -0.39 is 11.6 Å². The molecule has 0 unspecified atom stereocenters. The van der Waals surface area contributed by atoms with Gasteiger partial charge in [-0.3, -0.25) is 14.5 Å². The lowest BCUT2D eigenvalue weighted by molar-refractivity contribution is -0.131. The van der Waals surface area contributed by atoms with Crippen LogP contribution >= 0.6 is 0 Å². The lowest BCUT2D eigenvalue weighted by Crippen LogP contribution is -2.44. The molecule has 8 heteroatoms. The monoisotopic (exact) mass is 408 g/mol. The van der Waals surface area contributed by atoms with Gasteiger partial charge in [-0.05, 0) is 38.0 Å². The second-order valence-electron chi connectivity index (χ2n) is 7.77. The third kappa shape index (κ3) is 4.12. The van der Waals surface area contributed by atoms with Crippen LogP contribution in [0.2, 0.25) is 0 Å². The van der Waals surface area contributed by atoms with Crippen LogP contribution in [0.5, 0.6) is 11.6 Å². The van der Waals surface area contributed by atoms with Crippen LogP contribution in [-0.2, 0) is 9.59 Å². The second kappa shape index (κ2) is 8.14. The van der Waals surface area contributed by atoms with E-state index >= 15 is 0 Å². The van der Waals surface area contributed by atoms with Crippen LogP contribution in [0.15, 0.2) is 42.6 Å². The summed E-state index contributed by atoms with van der Waals surface area (Å²) in [5, 5.41) is 5.54. The third-order valence-corrected chi connectivity index (χ3v) is 5.53. The fraction of sp³-hybridized carbons (Fsp3) is 0.364. The smallest absolute Gasteiger partial charge is 0.325 e. The normalized spacial score (nSPS) is 17.3. The SMILES string of the molecule is Cc1ccc(Oc2ccc(NC(=O)CCN3C(=O)NC4(CCCC4)C3=O)cn2)cc1. The molecule has 0 radical (unpaired) electrons. The quantitative estimate of drug-likeness (QED) is 0.714. The van der Waals surface area contributed by atoms with Crippen LogP contribution in [-0.4, -0.2) is 39.8 Å². The Bertz CT molecular complexity index is 950. The number of carbonyl (C=O) groups is 3. The van der Waals surface area contributed by atoms with Crippen molar-refractivity contribution in [2.45, 2.75) is 44.6 Å². The van der Waals surface area contributed by atoms with Gasteiger partial charge in [0.05, 0.1) is 11.9 Å². The summed E-state index contributed by atoms with van der Waals surface area (Å²) in [6, 6.07) is 10.6. The van der Waals surface area contributed by atoms with E-state index in [1.807, 2.05) is 31.2 Å². The maximum absolute atomic E-state index is 12.6. The van der Waals surface area contributed by atoms with Gasteiger partial charge in [-0.2, -0.15) is 0 Å². The Morgan fingerprint density at radius 1 is 1.17 bits per heavy atom. The van der Waals surface area contributed by atoms with Gasteiger partial charge in [0, 0.05) is 19.0 Å². The Balaban J connectivity index is 1.28. The van der Waals surface area contributed by atoms with E-state index in [1.165, 1.54) is 6.20 Å². The zero-order valence-corrected chi connectivity index (χ0v) is 16.8. The van der Waals surface area contributed by atoms with E-state index in [2.05, 4.69) is 15.6 Å². The zero-order valence-electron chi connectivity index (χ0n) is 16.8. The van der Waals surface area contributed by atoms with Crippen LogP contribution in [0.4, 0.5) is 10.5 Å². The first-order valence-electron chi connectivity index (χ1n) is 10.1. The van der Waals surface area contributed by atoms with Crippen molar-refractivity contribution < 1.29 is 19.1 Å². The zero-order chi connectivity index (χ0) is 21.1. The van der Waals surface area contributed by atoms with Crippen LogP contribution < -0.4 is 15.4 Å². The molecule has 2 fully saturated rings. The molecule has 2 heterocycles. The topological polar surface area (TPSA) is 101 Å². The summed E-state index contributed by atoms with van der Waals surface area (Å²) in [4.78, 5) is 42.4. The maximum atomic E-state index is 12.6. The Kier molecular flexibility index (Phi) is 5.39. The maximum Gasteiger partial charge on any atom is 0.325 e. The van der Waals surface area contributed by atoms with E-state index in [9.17, 15) is 14.4 Å². The Morgan fingerprint density at radius 3 is 2.57 bits per heavy atom. The van der Waals surface area contributed by atoms with E-state index in [0.29, 0.717) is 30.2 Å². The number of benzene rings is 1. The van der Waals surface area contributed by atoms with Crippen molar-refractivity contribution in [3.8, 4) is 11.6 Å². The van der Waals surface area contributed by atoms with Gasteiger partial charge in [0.25, 0.3) is 5.91 Å². The molecule has 1 aromatic carbocycles. The first-order chi connectivity index (χ1) is 14.4. The summed E-state index contributed by atoms with van der Waals surface area (Å²) >= 11 is 0. The number of nitrogens with one attached hydrogen (secondary N) is 2. The molecule has 1 spiro atoms. The molecule has 1 aromatic heterocycles. The van der Waals surface area contributed by atoms with Crippen molar-refractivity contribution in [2.24, 2.45) is 0 Å². The number of rotatable bonds is 6. The molecule has 1 saturated carbocycles. The van der Waals surface area contributed by atoms with Crippen LogP contribution in [0.1, 0.15) is 37.7 Å². The van der Waals surface area contributed by atoms with Crippen molar-refractivity contribution in [3.63, 3.8) is 0 Å². The number of pyridine rings is 1. The second-order valence-corrected chi connectivity index (χ2v) is 7.77. The number of amides is 4. The fourth-order valence-electron chi connectivity index (χ4n) is 3.88. The summed E-state index contributed by atoms with van der Waals surface area (Å²) in [6.07, 6.45) is 4.72. The highest BCUT2D eigenvalue weighted by Crippen LogP contribution is 2.35. The number of imide groups is 1. The number of hydrogen-bond acceptors (Lipinski definition) is 5. The summed E-state index contributed by atoms with van der Waals surface area (Å²) in [5.41, 5.74) is 0.908. The number of ether oxygens (including phenoxy) is 1. The van der Waals surface area contributed by atoms with E-state index in [-0.39, 0.29) is 24.8 Å². The van der Waals surface area contributed by atoms with Crippen molar-refractivity contribution >= 4 is 23.5 Å². The highest BCUT2D eigenvalue weighted by molar-refractivity contribution is 6.07. The number of urea groups is 1. The molecule has 30 heavy (non-hydrogen) atoms. The highest BCUT2D eigenvalue weighted by atomic mass is 16.5. The molecule has 8 nitrogen and oxygen atoms in total. The first-order valence-corrected chi connectivity index (χ1v) is 10.1. The van der Waals surface area contributed by atoms with Crippen molar-refractivity contribution in [1.29, 1.82) is 0 Å². The number of anilines is 1. The summed E-state index contributed by atoms with van der Waals surface area (Å²) in [7, 11) is 0. The number of hydrogen-bond donors (Lipinski definition) is 2. The van der Waals surface area contributed by atoms with Gasteiger partial charge in [-0.25, -0.2) is 9.78 Å². The number of carbonyl (C=O) groups excluding carboxylic acids is 3. The van der Waals surface area contributed by atoms with Crippen molar-refractivity contribution in [1.82, 2.24) is 15.2 Å². The lowest BCUT2D eigenvalue weighted by Gasteiger charge is -2.19. The average molecular weight is 408 g/mol. The molecule has 4 amide bonds. The van der Waals surface area contributed by atoms with Gasteiger partial charge in [0.2, 0.25) is 11.8 Å². The largest absolute Gasteiger partial charge is 0.439 e. The fourth-order valence-corrected chi connectivity index (χ4v) is 3.88. The molecule has 156 valence electrons. The van der Waals surface area contributed by atoms with E-state index in [4.69, 9.17) is 4.74 Å². The molecule has 1 aliphatic carbocycles. The van der Waals surface area contributed by atoms with Crippen molar-refractivity contribution in [3.05, 3.63) is 48.2 Å². The number of aryl methyl sites for hydroxylation is 1. The number of nitrogens with zero attached hydrogens (tertiary/aromatic N) is 2. The molecule has 1 saturated heterocycles. The lowest BCUT2D eigenvalue weighted by atomic mass is 9.98. The van der Waals surface area contributed by atoms with Crippen LogP contribution in [0.25, 0.3) is 0 Å². The molecule has 0 atom stereocenters. The van der Waals surface area contributed by atoms with E-state index in [0.717, 1.165) is 23.3 Å². The van der Waals surface area contributed by atoms with Gasteiger partial charge in [-0.15, -0.1) is 0 Å². The standard InChI is InChI=1S/C22H24N4O4/c1-15-4-7-17(8-5-15)30-19-9-6-16(14-23-19)24-18(27)10-13-26-20(28)22(25-21(26)29)11-2-3-12-22/h4-9,14H,2-3,10-13H2,1H3,(H,24,27)(H,25,29). The summed E-state index contributed by atoms with van der Waals surface area (Å²) < 4.78 is 5.67. The minimum absolute atomic E-state index is 0.0247. The summed E-state index contributed by atoms with van der Waals surface area (Å²) in [5.74, 6) is 0.588. The predicted octanol–water partition coefficient (Wildman–Crippen LogP) is 3.38. The first kappa shape index (κ1) is 19.9. The summed E-state index contributed by atoms with van der Waals surface area (Å²) in [6.45, 7) is 2.05. The minimum Gasteiger partial charge on any atom is -0.439 e. The highest BCUT2D eigenvalue weighted by Gasteiger charge is 2.52. The molecule has 2 N–H and O–H groups in total. The molecule has 1 aliphatic heterocycles. The van der Waals surface area contributed by atoms with Gasteiger partial charge >= 0.3 is 6.03 Å². The van der Waals surface area contributed by atoms with Gasteiger partial charge in [-0.1, -0.05) is 30.5 Å². The van der Waals surface area contributed by atoms with Gasteiger partial charge in [0.1, 0.15) is 11.3 Å². The molecular formula is C22H24N4O4. The van der Waals surface area contributed by atoms with Crippen LogP contribution in [0, 0.1) is 6.92 Å². The van der Waals surface area contributed by atoms with Crippen molar-refractivity contribution in [2.75, 3.05) is 11.9 Å². The number of aromatic nitrogens is 1. The Labute approximate surface area is 174 Å². The van der Waals surface area contributed by atoms with Crippen LogP contribution in [0.3, 0.4) is 0 Å². The Morgan fingerprint density at radius 2 is 1.90 bits per heavy atom. The van der Waals surface area contributed by atoms with Gasteiger partial charge in [0.15, 0.2) is 0 Å². The third-order valence-electron chi connectivity index (χ3n) is 5.53. The molecule has 4 rings (SSSR count). The Hall–Kier alpha value is -3.42. The molecular weight excluding hydrogens is 384 g/mol. The molecule has 2 aliphatic rings. The predicted molar refractivity (Wildman–Crippen MR) is 110 cm³/mol. The van der Waals surface area contributed by atoms with E-state index in [1.54, 1.807) is 12.1 Å².